The van der Waals surface area contributed by atoms with E-state index in [0.717, 1.165) is 31.2 Å². The van der Waals surface area contributed by atoms with Crippen molar-refractivity contribution in [1.82, 2.24) is 0 Å². The molecule has 1 fully saturated rings. The average Bonchev–Trinajstić information content (AvgIpc) is 2.29. The Morgan fingerprint density at radius 3 is 2.56 bits per heavy atom. The Bertz CT molecular complexity index is 392. The Kier molecular flexibility index (Phi) is 3.37. The van der Waals surface area contributed by atoms with Crippen LogP contribution in [0, 0.1) is 18.7 Å². The number of hydrogen-bond donors (Lipinski definition) is 0. The molecule has 1 nitrogen and oxygen atoms in total. The van der Waals surface area contributed by atoms with Crippen LogP contribution in [0.25, 0.3) is 0 Å². The van der Waals surface area contributed by atoms with Gasteiger partial charge in [-0.3, -0.25) is 4.79 Å². The highest BCUT2D eigenvalue weighted by atomic mass is 19.1. The van der Waals surface area contributed by atoms with Crippen LogP contribution in [0.5, 0.6) is 0 Å². The SMILES string of the molecule is Cc1cc(F)ccc1C(=O)C1CCCCC1. The minimum atomic E-state index is -0.266. The molecule has 0 aliphatic heterocycles. The summed E-state index contributed by atoms with van der Waals surface area (Å²) in [6.45, 7) is 1.80. The fourth-order valence-electron chi connectivity index (χ4n) is 2.49. The molecule has 0 radical (unpaired) electrons. The van der Waals surface area contributed by atoms with Crippen molar-refractivity contribution in [3.8, 4) is 0 Å². The summed E-state index contributed by atoms with van der Waals surface area (Å²) in [6, 6.07) is 4.45. The molecule has 0 aromatic heterocycles. The summed E-state index contributed by atoms with van der Waals surface area (Å²) in [5, 5.41) is 0. The molecule has 0 atom stereocenters. The first-order valence-corrected chi connectivity index (χ1v) is 5.99. The van der Waals surface area contributed by atoms with E-state index >= 15 is 0 Å². The second-order valence-corrected chi connectivity index (χ2v) is 4.66. The monoisotopic (exact) mass is 220 g/mol. The molecular weight excluding hydrogens is 203 g/mol. The molecule has 0 spiro atoms. The van der Waals surface area contributed by atoms with Crippen LogP contribution in [0.3, 0.4) is 0 Å². The second-order valence-electron chi connectivity index (χ2n) is 4.66. The van der Waals surface area contributed by atoms with E-state index in [-0.39, 0.29) is 17.5 Å². The smallest absolute Gasteiger partial charge is 0.166 e. The maximum Gasteiger partial charge on any atom is 0.166 e. The van der Waals surface area contributed by atoms with Gasteiger partial charge in [0.05, 0.1) is 0 Å². The topological polar surface area (TPSA) is 17.1 Å². The van der Waals surface area contributed by atoms with Crippen LogP contribution in [0.4, 0.5) is 4.39 Å². The minimum absolute atomic E-state index is 0.165. The van der Waals surface area contributed by atoms with Gasteiger partial charge in [-0.05, 0) is 43.5 Å². The molecular formula is C14H17FO. The quantitative estimate of drug-likeness (QED) is 0.691. The number of rotatable bonds is 2. The van der Waals surface area contributed by atoms with Gasteiger partial charge in [-0.15, -0.1) is 0 Å². The summed E-state index contributed by atoms with van der Waals surface area (Å²) >= 11 is 0. The van der Waals surface area contributed by atoms with Gasteiger partial charge < -0.3 is 0 Å². The molecule has 1 aromatic rings. The van der Waals surface area contributed by atoms with Gasteiger partial charge in [-0.1, -0.05) is 19.3 Å². The minimum Gasteiger partial charge on any atom is -0.294 e. The Morgan fingerprint density at radius 1 is 1.25 bits per heavy atom. The van der Waals surface area contributed by atoms with E-state index in [0.29, 0.717) is 5.56 Å². The van der Waals surface area contributed by atoms with Crippen LogP contribution in [0.2, 0.25) is 0 Å². The molecule has 2 heteroatoms. The Hall–Kier alpha value is -1.18. The van der Waals surface area contributed by atoms with E-state index in [9.17, 15) is 9.18 Å². The van der Waals surface area contributed by atoms with Crippen LogP contribution < -0.4 is 0 Å². The number of carbonyl (C=O) groups is 1. The van der Waals surface area contributed by atoms with Gasteiger partial charge in [-0.25, -0.2) is 4.39 Å². The van der Waals surface area contributed by atoms with E-state index in [1.54, 1.807) is 13.0 Å². The number of aryl methyl sites for hydroxylation is 1. The third kappa shape index (κ3) is 2.31. The highest BCUT2D eigenvalue weighted by molar-refractivity contribution is 5.99. The molecule has 1 aliphatic carbocycles. The van der Waals surface area contributed by atoms with E-state index in [2.05, 4.69) is 0 Å². The van der Waals surface area contributed by atoms with Crippen molar-refractivity contribution in [1.29, 1.82) is 0 Å². The van der Waals surface area contributed by atoms with Crippen molar-refractivity contribution in [2.45, 2.75) is 39.0 Å². The first-order chi connectivity index (χ1) is 7.68. The summed E-state index contributed by atoms with van der Waals surface area (Å²) in [6.07, 6.45) is 5.53. The number of hydrogen-bond acceptors (Lipinski definition) is 1. The summed E-state index contributed by atoms with van der Waals surface area (Å²) in [7, 11) is 0. The number of benzene rings is 1. The largest absolute Gasteiger partial charge is 0.294 e. The molecule has 2 rings (SSSR count). The molecule has 86 valence electrons. The standard InChI is InChI=1S/C14H17FO/c1-10-9-12(15)7-8-13(10)14(16)11-5-3-2-4-6-11/h7-9,11H,2-6H2,1H3. The lowest BCUT2D eigenvalue weighted by atomic mass is 9.83. The predicted octanol–water partition coefficient (Wildman–Crippen LogP) is 3.90. The zero-order valence-corrected chi connectivity index (χ0v) is 9.63. The van der Waals surface area contributed by atoms with Gasteiger partial charge in [0.1, 0.15) is 5.82 Å². The first kappa shape index (κ1) is 11.3. The summed E-state index contributed by atoms with van der Waals surface area (Å²) in [5.41, 5.74) is 1.46. The highest BCUT2D eigenvalue weighted by Gasteiger charge is 2.23. The number of Topliss-reactive ketones (excluding diaryl/α,β-unsaturated/α-hetero) is 1. The average molecular weight is 220 g/mol. The third-order valence-corrected chi connectivity index (χ3v) is 3.43. The van der Waals surface area contributed by atoms with Crippen LogP contribution >= 0.6 is 0 Å². The Balaban J connectivity index is 2.19. The van der Waals surface area contributed by atoms with Crippen molar-refractivity contribution in [2.24, 2.45) is 5.92 Å². The lowest BCUT2D eigenvalue weighted by molar-refractivity contribution is 0.0889. The number of ketones is 1. The van der Waals surface area contributed by atoms with Gasteiger partial charge in [0.25, 0.3) is 0 Å². The van der Waals surface area contributed by atoms with E-state index in [1.807, 2.05) is 0 Å². The van der Waals surface area contributed by atoms with Gasteiger partial charge in [0, 0.05) is 11.5 Å². The number of carbonyl (C=O) groups excluding carboxylic acids is 1. The molecule has 0 amide bonds. The van der Waals surface area contributed by atoms with Crippen molar-refractivity contribution in [3.63, 3.8) is 0 Å². The third-order valence-electron chi connectivity index (χ3n) is 3.43. The lowest BCUT2D eigenvalue weighted by Gasteiger charge is -2.21. The molecule has 0 N–H and O–H groups in total. The molecule has 0 unspecified atom stereocenters. The predicted molar refractivity (Wildman–Crippen MR) is 62.0 cm³/mol. The van der Waals surface area contributed by atoms with Crippen LogP contribution in [-0.2, 0) is 0 Å². The fourth-order valence-corrected chi connectivity index (χ4v) is 2.49. The van der Waals surface area contributed by atoms with Gasteiger partial charge in [-0.2, -0.15) is 0 Å². The molecule has 16 heavy (non-hydrogen) atoms. The molecule has 1 aliphatic rings. The zero-order chi connectivity index (χ0) is 11.5. The molecule has 0 heterocycles. The summed E-state index contributed by atoms with van der Waals surface area (Å²) in [4.78, 5) is 12.2. The lowest BCUT2D eigenvalue weighted by Crippen LogP contribution is -2.18. The van der Waals surface area contributed by atoms with Gasteiger partial charge in [0.15, 0.2) is 5.78 Å². The van der Waals surface area contributed by atoms with E-state index in [4.69, 9.17) is 0 Å². The van der Waals surface area contributed by atoms with Crippen LogP contribution in [0.1, 0.15) is 48.0 Å². The molecule has 0 bridgehead atoms. The van der Waals surface area contributed by atoms with Crippen molar-refractivity contribution < 1.29 is 9.18 Å². The first-order valence-electron chi connectivity index (χ1n) is 5.99. The summed E-state index contributed by atoms with van der Waals surface area (Å²) in [5.74, 6) is 0.104. The van der Waals surface area contributed by atoms with Crippen molar-refractivity contribution in [3.05, 3.63) is 35.1 Å². The van der Waals surface area contributed by atoms with Crippen molar-refractivity contribution >= 4 is 5.78 Å². The second kappa shape index (κ2) is 4.77. The van der Waals surface area contributed by atoms with E-state index < -0.39 is 0 Å². The van der Waals surface area contributed by atoms with E-state index in [1.165, 1.54) is 18.6 Å². The fraction of sp³-hybridized carbons (Fsp3) is 0.500. The Labute approximate surface area is 95.7 Å². The Morgan fingerprint density at radius 2 is 1.94 bits per heavy atom. The zero-order valence-electron chi connectivity index (χ0n) is 9.63. The molecule has 0 saturated heterocycles. The summed E-state index contributed by atoms with van der Waals surface area (Å²) < 4.78 is 12.9. The van der Waals surface area contributed by atoms with Crippen LogP contribution in [-0.4, -0.2) is 5.78 Å². The normalized spacial score (nSPS) is 17.4. The van der Waals surface area contributed by atoms with Gasteiger partial charge >= 0.3 is 0 Å². The maximum atomic E-state index is 12.9. The maximum absolute atomic E-state index is 12.9. The van der Waals surface area contributed by atoms with Crippen LogP contribution in [0.15, 0.2) is 18.2 Å². The molecule has 1 aromatic carbocycles. The molecule has 1 saturated carbocycles. The highest BCUT2D eigenvalue weighted by Crippen LogP contribution is 2.27. The van der Waals surface area contributed by atoms with Crippen molar-refractivity contribution in [2.75, 3.05) is 0 Å². The number of halogens is 1. The van der Waals surface area contributed by atoms with Gasteiger partial charge in [0.2, 0.25) is 0 Å².